The van der Waals surface area contributed by atoms with Crippen LogP contribution in [0.3, 0.4) is 0 Å². The molecule has 130 valence electrons. The summed E-state index contributed by atoms with van der Waals surface area (Å²) in [5, 5.41) is 0. The molecule has 1 heterocycles. The molecule has 1 unspecified atom stereocenters. The van der Waals surface area contributed by atoms with Crippen LogP contribution >= 0.6 is 0 Å². The van der Waals surface area contributed by atoms with Gasteiger partial charge in [0.05, 0.1) is 6.04 Å². The van der Waals surface area contributed by atoms with Crippen molar-refractivity contribution in [2.45, 2.75) is 13.0 Å². The van der Waals surface area contributed by atoms with Crippen LogP contribution in [0.5, 0.6) is 0 Å². The second-order valence-corrected chi connectivity index (χ2v) is 6.22. The number of hydrogen-bond acceptors (Lipinski definition) is 3. The van der Waals surface area contributed by atoms with E-state index in [0.717, 1.165) is 17.9 Å². The molecule has 0 saturated carbocycles. The molecular formula is C21H21N3Pt. The smallest absolute Gasteiger partial charge is 0.0802 e. The molecule has 0 bridgehead atoms. The molecule has 1 aliphatic rings. The van der Waals surface area contributed by atoms with Crippen LogP contribution in [-0.4, -0.2) is 6.54 Å². The molecule has 3 nitrogen and oxygen atoms in total. The van der Waals surface area contributed by atoms with E-state index in [4.69, 9.17) is 11.5 Å². The molecule has 1 aliphatic heterocycles. The van der Waals surface area contributed by atoms with Gasteiger partial charge in [-0.25, -0.2) is 0 Å². The predicted octanol–water partition coefficient (Wildman–Crippen LogP) is 4.44. The van der Waals surface area contributed by atoms with Crippen molar-refractivity contribution in [1.82, 2.24) is 0 Å². The number of rotatable bonds is 2. The molecule has 0 spiro atoms. The molecule has 4 heteroatoms. The van der Waals surface area contributed by atoms with Gasteiger partial charge in [0.1, 0.15) is 0 Å². The van der Waals surface area contributed by atoms with Crippen LogP contribution in [0.4, 0.5) is 17.1 Å². The van der Waals surface area contributed by atoms with Crippen LogP contribution in [0.15, 0.2) is 66.7 Å². The maximum absolute atomic E-state index is 6.11. The Morgan fingerprint density at radius 3 is 2.16 bits per heavy atom. The van der Waals surface area contributed by atoms with Gasteiger partial charge in [-0.3, -0.25) is 0 Å². The van der Waals surface area contributed by atoms with Crippen molar-refractivity contribution < 1.29 is 21.1 Å². The number of benzene rings is 3. The maximum Gasteiger partial charge on any atom is 0.0802 e. The summed E-state index contributed by atoms with van der Waals surface area (Å²) in [4.78, 5) is 2.41. The van der Waals surface area contributed by atoms with Gasteiger partial charge in [-0.1, -0.05) is 42.5 Å². The van der Waals surface area contributed by atoms with Crippen LogP contribution in [0.25, 0.3) is 11.1 Å². The average Bonchev–Trinajstić information content (AvgIpc) is 2.61. The summed E-state index contributed by atoms with van der Waals surface area (Å²) in [6.07, 6.45) is 0. The Labute approximate surface area is 162 Å². The van der Waals surface area contributed by atoms with E-state index >= 15 is 0 Å². The Kier molecular flexibility index (Phi) is 4.87. The number of nitrogens with two attached hydrogens (primary N) is 2. The van der Waals surface area contributed by atoms with Gasteiger partial charge in [-0.15, -0.1) is 0 Å². The zero-order chi connectivity index (χ0) is 16.7. The quantitative estimate of drug-likeness (QED) is 0.502. The SMILES string of the molecule is CCN1c2cc(N)ccc2-c2ccc(N)cc2C1c1ccccc1.[Pt]. The predicted molar refractivity (Wildman–Crippen MR) is 102 cm³/mol. The number of hydrogen-bond donors (Lipinski definition) is 2. The van der Waals surface area contributed by atoms with Gasteiger partial charge in [0.15, 0.2) is 0 Å². The first-order valence-corrected chi connectivity index (χ1v) is 8.30. The van der Waals surface area contributed by atoms with Crippen LogP contribution in [-0.2, 0) is 21.1 Å². The monoisotopic (exact) mass is 510 g/mol. The van der Waals surface area contributed by atoms with Crippen molar-refractivity contribution >= 4 is 17.1 Å². The van der Waals surface area contributed by atoms with Gasteiger partial charge >= 0.3 is 0 Å². The summed E-state index contributed by atoms with van der Waals surface area (Å²) in [5.41, 5.74) is 19.9. The standard InChI is InChI=1S/C21H21N3.Pt/c1-2-24-20-13-16(23)9-11-18(20)17-10-8-15(22)12-19(17)21(24)14-6-4-3-5-7-14;/h3-13,21H,2,22-23H2,1H3;. The second kappa shape index (κ2) is 6.93. The summed E-state index contributed by atoms with van der Waals surface area (Å²) in [5.74, 6) is 0. The largest absolute Gasteiger partial charge is 0.399 e. The fourth-order valence-corrected chi connectivity index (χ4v) is 3.72. The zero-order valence-electron chi connectivity index (χ0n) is 14.1. The molecule has 3 aromatic carbocycles. The van der Waals surface area contributed by atoms with Crippen molar-refractivity contribution in [3.8, 4) is 11.1 Å². The summed E-state index contributed by atoms with van der Waals surface area (Å²) in [6.45, 7) is 3.07. The van der Waals surface area contributed by atoms with Gasteiger partial charge in [0.25, 0.3) is 0 Å². The molecule has 0 saturated heterocycles. The fourth-order valence-electron chi connectivity index (χ4n) is 3.72. The normalized spacial score (nSPS) is 15.1. The minimum absolute atomic E-state index is 0. The molecule has 0 aliphatic carbocycles. The Bertz CT molecular complexity index is 893. The third kappa shape index (κ3) is 2.94. The van der Waals surface area contributed by atoms with E-state index in [-0.39, 0.29) is 27.1 Å². The van der Waals surface area contributed by atoms with Gasteiger partial charge in [0, 0.05) is 50.2 Å². The Hall–Kier alpha value is -2.25. The molecule has 4 rings (SSSR count). The minimum atomic E-state index is 0. The van der Waals surface area contributed by atoms with Crippen molar-refractivity contribution in [1.29, 1.82) is 0 Å². The van der Waals surface area contributed by atoms with E-state index in [1.54, 1.807) is 0 Å². The van der Waals surface area contributed by atoms with Crippen LogP contribution in [0.1, 0.15) is 24.1 Å². The van der Waals surface area contributed by atoms with Crippen LogP contribution in [0, 0.1) is 0 Å². The van der Waals surface area contributed by atoms with E-state index in [1.807, 2.05) is 12.1 Å². The third-order valence-corrected chi connectivity index (χ3v) is 4.76. The molecule has 3 aromatic rings. The van der Waals surface area contributed by atoms with Gasteiger partial charge in [-0.05, 0) is 47.9 Å². The second-order valence-electron chi connectivity index (χ2n) is 6.22. The summed E-state index contributed by atoms with van der Waals surface area (Å²) in [7, 11) is 0. The number of fused-ring (bicyclic) bond motifs is 3. The molecule has 0 aromatic heterocycles. The van der Waals surface area contributed by atoms with Crippen molar-refractivity contribution in [3.05, 3.63) is 77.9 Å². The van der Waals surface area contributed by atoms with Crippen LogP contribution < -0.4 is 16.4 Å². The Balaban J connectivity index is 0.00000182. The number of nitrogen functional groups attached to an aromatic ring is 2. The van der Waals surface area contributed by atoms with E-state index in [9.17, 15) is 0 Å². The van der Waals surface area contributed by atoms with Gasteiger partial charge < -0.3 is 16.4 Å². The molecular weight excluding hydrogens is 489 g/mol. The van der Waals surface area contributed by atoms with E-state index in [1.165, 1.54) is 27.9 Å². The first kappa shape index (κ1) is 17.6. The van der Waals surface area contributed by atoms with Crippen molar-refractivity contribution in [3.63, 3.8) is 0 Å². The van der Waals surface area contributed by atoms with Crippen molar-refractivity contribution in [2.75, 3.05) is 22.9 Å². The molecule has 4 N–H and O–H groups in total. The Morgan fingerprint density at radius 2 is 1.48 bits per heavy atom. The zero-order valence-corrected chi connectivity index (χ0v) is 16.3. The summed E-state index contributed by atoms with van der Waals surface area (Å²) < 4.78 is 0. The minimum Gasteiger partial charge on any atom is -0.399 e. The van der Waals surface area contributed by atoms with E-state index in [2.05, 4.69) is 66.4 Å². The van der Waals surface area contributed by atoms with E-state index in [0.29, 0.717) is 0 Å². The number of anilines is 3. The Morgan fingerprint density at radius 1 is 0.840 bits per heavy atom. The summed E-state index contributed by atoms with van der Waals surface area (Å²) >= 11 is 0. The maximum atomic E-state index is 6.11. The summed E-state index contributed by atoms with van der Waals surface area (Å²) in [6, 6.07) is 23.1. The van der Waals surface area contributed by atoms with Crippen LogP contribution in [0.2, 0.25) is 0 Å². The molecule has 0 fully saturated rings. The van der Waals surface area contributed by atoms with Gasteiger partial charge in [-0.2, -0.15) is 0 Å². The molecule has 25 heavy (non-hydrogen) atoms. The average molecular weight is 510 g/mol. The van der Waals surface area contributed by atoms with E-state index < -0.39 is 0 Å². The van der Waals surface area contributed by atoms with Gasteiger partial charge in [0.2, 0.25) is 0 Å². The first-order valence-electron chi connectivity index (χ1n) is 8.30. The topological polar surface area (TPSA) is 55.3 Å². The first-order chi connectivity index (χ1) is 11.7. The van der Waals surface area contributed by atoms with Crippen molar-refractivity contribution in [2.24, 2.45) is 0 Å². The third-order valence-electron chi connectivity index (χ3n) is 4.76. The number of nitrogens with zero attached hydrogens (tertiary/aromatic N) is 1. The molecule has 0 amide bonds. The molecule has 0 radical (unpaired) electrons. The fraction of sp³-hybridized carbons (Fsp3) is 0.143. The molecule has 1 atom stereocenters.